The van der Waals surface area contributed by atoms with Crippen molar-refractivity contribution in [3.63, 3.8) is 0 Å². The predicted molar refractivity (Wildman–Crippen MR) is 109 cm³/mol. The van der Waals surface area contributed by atoms with Gasteiger partial charge >= 0.3 is 7.75 Å². The minimum atomic E-state index is -3.70. The number of anilines is 1. The molecule has 0 radical (unpaired) electrons. The zero-order chi connectivity index (χ0) is 18.6. The van der Waals surface area contributed by atoms with Crippen molar-refractivity contribution in [2.45, 2.75) is 13.8 Å². The van der Waals surface area contributed by atoms with E-state index in [2.05, 4.69) is 21.0 Å². The molecule has 0 saturated heterocycles. The molecule has 26 heavy (non-hydrogen) atoms. The molecule has 4 nitrogen and oxygen atoms in total. The molecular formula is C20H19BrNO3P. The van der Waals surface area contributed by atoms with Crippen molar-refractivity contribution < 1.29 is 13.6 Å². The Morgan fingerprint density at radius 1 is 0.731 bits per heavy atom. The Hall–Kier alpha value is -2.23. The normalized spacial score (nSPS) is 11.0. The van der Waals surface area contributed by atoms with E-state index in [4.69, 9.17) is 9.05 Å². The first-order valence-corrected chi connectivity index (χ1v) is 10.4. The third kappa shape index (κ3) is 5.13. The summed E-state index contributed by atoms with van der Waals surface area (Å²) in [5.41, 5.74) is 2.82. The predicted octanol–water partition coefficient (Wildman–Crippen LogP) is 6.74. The van der Waals surface area contributed by atoms with Gasteiger partial charge < -0.3 is 9.05 Å². The largest absolute Gasteiger partial charge is 0.541 e. The van der Waals surface area contributed by atoms with Crippen LogP contribution in [0.15, 0.2) is 77.3 Å². The average molecular weight is 432 g/mol. The van der Waals surface area contributed by atoms with E-state index >= 15 is 0 Å². The van der Waals surface area contributed by atoms with Gasteiger partial charge in [0.2, 0.25) is 0 Å². The lowest BCUT2D eigenvalue weighted by Crippen LogP contribution is -2.10. The molecule has 6 heteroatoms. The van der Waals surface area contributed by atoms with E-state index in [0.717, 1.165) is 15.6 Å². The fraction of sp³-hybridized carbons (Fsp3) is 0.100. The Kier molecular flexibility index (Phi) is 5.70. The minimum Gasteiger partial charge on any atom is -0.400 e. The van der Waals surface area contributed by atoms with Crippen LogP contribution in [0.5, 0.6) is 11.5 Å². The van der Waals surface area contributed by atoms with Crippen LogP contribution >= 0.6 is 23.7 Å². The molecule has 0 bridgehead atoms. The van der Waals surface area contributed by atoms with Crippen molar-refractivity contribution in [3.8, 4) is 11.5 Å². The standard InChI is InChI=1S/C20H19BrNO3P/c1-15-3-11-19(12-4-15)24-26(23,22-18-9-7-17(21)8-10-18)25-20-13-5-16(2)6-14-20/h3-14H,1-2H3,(H,22,23). The maximum absolute atomic E-state index is 13.4. The molecule has 3 aromatic rings. The first-order valence-electron chi connectivity index (χ1n) is 8.08. The second-order valence-electron chi connectivity index (χ2n) is 5.92. The summed E-state index contributed by atoms with van der Waals surface area (Å²) >= 11 is 3.39. The summed E-state index contributed by atoms with van der Waals surface area (Å²) in [6, 6.07) is 21.9. The Morgan fingerprint density at radius 3 is 1.58 bits per heavy atom. The van der Waals surface area contributed by atoms with Gasteiger partial charge in [0.1, 0.15) is 11.5 Å². The first kappa shape index (κ1) is 18.6. The fourth-order valence-corrected chi connectivity index (χ4v) is 3.88. The van der Waals surface area contributed by atoms with Crippen LogP contribution in [0.3, 0.4) is 0 Å². The molecule has 0 spiro atoms. The molecule has 0 amide bonds. The third-order valence-corrected chi connectivity index (χ3v) is 5.57. The van der Waals surface area contributed by atoms with E-state index < -0.39 is 7.75 Å². The second kappa shape index (κ2) is 7.98. The van der Waals surface area contributed by atoms with Crippen molar-refractivity contribution in [1.82, 2.24) is 0 Å². The van der Waals surface area contributed by atoms with E-state index in [0.29, 0.717) is 17.2 Å². The van der Waals surface area contributed by atoms with Gasteiger partial charge in [-0.05, 0) is 62.4 Å². The Morgan fingerprint density at radius 2 is 1.15 bits per heavy atom. The topological polar surface area (TPSA) is 47.6 Å². The maximum atomic E-state index is 13.4. The average Bonchev–Trinajstić information content (AvgIpc) is 2.61. The van der Waals surface area contributed by atoms with Crippen LogP contribution < -0.4 is 14.1 Å². The van der Waals surface area contributed by atoms with Gasteiger partial charge in [-0.2, -0.15) is 0 Å². The third-order valence-electron chi connectivity index (χ3n) is 3.60. The fourth-order valence-electron chi connectivity index (χ4n) is 2.22. The molecule has 0 atom stereocenters. The quantitative estimate of drug-likeness (QED) is 0.438. The van der Waals surface area contributed by atoms with Crippen molar-refractivity contribution in [1.29, 1.82) is 0 Å². The molecule has 0 aromatic heterocycles. The van der Waals surface area contributed by atoms with E-state index in [9.17, 15) is 4.57 Å². The van der Waals surface area contributed by atoms with Crippen molar-refractivity contribution in [2.75, 3.05) is 5.09 Å². The highest BCUT2D eigenvalue weighted by molar-refractivity contribution is 9.10. The number of benzene rings is 3. The highest BCUT2D eigenvalue weighted by Gasteiger charge is 2.29. The minimum absolute atomic E-state index is 0.468. The van der Waals surface area contributed by atoms with Crippen LogP contribution in [0.4, 0.5) is 5.69 Å². The number of aryl methyl sites for hydroxylation is 2. The van der Waals surface area contributed by atoms with Gasteiger partial charge in [0.05, 0.1) is 0 Å². The van der Waals surface area contributed by atoms with Crippen LogP contribution in [0.2, 0.25) is 0 Å². The molecule has 0 unspecified atom stereocenters. The summed E-state index contributed by atoms with van der Waals surface area (Å²) in [6.07, 6.45) is 0. The number of hydrogen-bond acceptors (Lipinski definition) is 3. The number of hydrogen-bond donors (Lipinski definition) is 1. The zero-order valence-corrected chi connectivity index (χ0v) is 17.0. The van der Waals surface area contributed by atoms with Crippen molar-refractivity contribution in [2.24, 2.45) is 0 Å². The Bertz CT molecular complexity index is 787. The molecule has 3 rings (SSSR count). The van der Waals surface area contributed by atoms with Crippen molar-refractivity contribution in [3.05, 3.63) is 88.4 Å². The zero-order valence-electron chi connectivity index (χ0n) is 14.5. The smallest absolute Gasteiger partial charge is 0.400 e. The van der Waals surface area contributed by atoms with Crippen LogP contribution in [0.25, 0.3) is 0 Å². The van der Waals surface area contributed by atoms with Gasteiger partial charge in [-0.3, -0.25) is 5.09 Å². The highest BCUT2D eigenvalue weighted by atomic mass is 79.9. The van der Waals surface area contributed by atoms with Crippen LogP contribution in [0, 0.1) is 13.8 Å². The lowest BCUT2D eigenvalue weighted by molar-refractivity contribution is 0.393. The van der Waals surface area contributed by atoms with Crippen LogP contribution in [-0.2, 0) is 4.57 Å². The van der Waals surface area contributed by atoms with Gasteiger partial charge in [0.25, 0.3) is 0 Å². The van der Waals surface area contributed by atoms with E-state index in [1.54, 1.807) is 36.4 Å². The molecule has 3 aromatic carbocycles. The molecule has 0 aliphatic rings. The van der Waals surface area contributed by atoms with E-state index in [-0.39, 0.29) is 0 Å². The molecule has 134 valence electrons. The molecule has 0 saturated carbocycles. The Labute approximate surface area is 161 Å². The van der Waals surface area contributed by atoms with Crippen LogP contribution in [0.1, 0.15) is 11.1 Å². The monoisotopic (exact) mass is 431 g/mol. The van der Waals surface area contributed by atoms with E-state index in [1.165, 1.54) is 0 Å². The first-order chi connectivity index (χ1) is 12.4. The molecule has 0 fully saturated rings. The molecule has 0 aliphatic heterocycles. The molecule has 1 N–H and O–H groups in total. The number of rotatable bonds is 6. The number of nitrogens with one attached hydrogen (secondary N) is 1. The van der Waals surface area contributed by atoms with Gasteiger partial charge in [-0.25, -0.2) is 4.57 Å². The molecular weight excluding hydrogens is 413 g/mol. The lowest BCUT2D eigenvalue weighted by Gasteiger charge is -2.21. The lowest BCUT2D eigenvalue weighted by atomic mass is 10.2. The summed E-state index contributed by atoms with van der Waals surface area (Å²) in [4.78, 5) is 0. The SMILES string of the molecule is Cc1ccc(OP(=O)(Nc2ccc(Br)cc2)Oc2ccc(C)cc2)cc1. The van der Waals surface area contributed by atoms with Gasteiger partial charge in [0, 0.05) is 10.2 Å². The summed E-state index contributed by atoms with van der Waals surface area (Å²) in [6.45, 7) is 3.96. The summed E-state index contributed by atoms with van der Waals surface area (Å²) < 4.78 is 25.8. The number of halogens is 1. The van der Waals surface area contributed by atoms with Gasteiger partial charge in [-0.1, -0.05) is 51.3 Å². The Balaban J connectivity index is 1.88. The van der Waals surface area contributed by atoms with Gasteiger partial charge in [0.15, 0.2) is 0 Å². The summed E-state index contributed by atoms with van der Waals surface area (Å²) in [5, 5.41) is 2.90. The highest BCUT2D eigenvalue weighted by Crippen LogP contribution is 2.48. The summed E-state index contributed by atoms with van der Waals surface area (Å²) in [7, 11) is -3.70. The maximum Gasteiger partial charge on any atom is 0.541 e. The summed E-state index contributed by atoms with van der Waals surface area (Å²) in [5.74, 6) is 0.936. The van der Waals surface area contributed by atoms with E-state index in [1.807, 2.05) is 50.2 Å². The molecule has 0 aliphatic carbocycles. The van der Waals surface area contributed by atoms with Crippen molar-refractivity contribution >= 4 is 29.4 Å². The molecule has 0 heterocycles. The van der Waals surface area contributed by atoms with Crippen LogP contribution in [-0.4, -0.2) is 0 Å². The second-order valence-corrected chi connectivity index (χ2v) is 8.42. The van der Waals surface area contributed by atoms with Gasteiger partial charge in [-0.15, -0.1) is 0 Å².